The number of rotatable bonds is 7. The molecule has 1 aliphatic carbocycles. The normalized spacial score (nSPS) is 17.2. The molecule has 0 amide bonds. The molecule has 4 aromatic rings. The number of nitrogens with zero attached hydrogens (tertiary/aromatic N) is 5. The van der Waals surface area contributed by atoms with Gasteiger partial charge in [-0.3, -0.25) is 0 Å². The van der Waals surface area contributed by atoms with Gasteiger partial charge in [-0.15, -0.1) is 0 Å². The van der Waals surface area contributed by atoms with Crippen LogP contribution in [0.25, 0.3) is 11.3 Å². The van der Waals surface area contributed by atoms with Crippen LogP contribution in [-0.4, -0.2) is 43.6 Å². The number of piperidine rings is 1. The van der Waals surface area contributed by atoms with Crippen LogP contribution in [0.2, 0.25) is 5.02 Å². The van der Waals surface area contributed by atoms with Crippen LogP contribution in [0.3, 0.4) is 0 Å². The average Bonchev–Trinajstić information content (AvgIpc) is 3.46. The molecule has 0 aromatic carbocycles. The van der Waals surface area contributed by atoms with Crippen molar-refractivity contribution in [1.82, 2.24) is 29.3 Å². The zero-order valence-electron chi connectivity index (χ0n) is 19.4. The molecule has 1 saturated carbocycles. The molecule has 0 radical (unpaired) electrons. The Kier molecular flexibility index (Phi) is 5.91. The van der Waals surface area contributed by atoms with Gasteiger partial charge < -0.3 is 20.4 Å². The summed E-state index contributed by atoms with van der Waals surface area (Å²) in [5, 5.41) is 14.8. The van der Waals surface area contributed by atoms with Crippen molar-refractivity contribution in [3.05, 3.63) is 52.6 Å². The molecular weight excluding hydrogens is 493 g/mol. The number of alkyl halides is 3. The van der Waals surface area contributed by atoms with Crippen LogP contribution in [0.1, 0.15) is 48.4 Å². The molecule has 6 rings (SSSR count). The molecule has 190 valence electrons. The number of aromatic nitrogens is 5. The Balaban J connectivity index is 1.26. The summed E-state index contributed by atoms with van der Waals surface area (Å²) in [5.74, 6) is 2.60. The fourth-order valence-electron chi connectivity index (χ4n) is 4.74. The smallest absolute Gasteiger partial charge is 0.370 e. The van der Waals surface area contributed by atoms with Gasteiger partial charge in [-0.05, 0) is 56.7 Å². The van der Waals surface area contributed by atoms with Crippen molar-refractivity contribution in [1.29, 1.82) is 0 Å². The lowest BCUT2D eigenvalue weighted by Crippen LogP contribution is -2.31. The monoisotopic (exact) mass is 518 g/mol. The SMILES string of the molecule is FC(F)(F)c1cc(Cl)c2nc(CNc3cc(NCC4CCNCC4)nc4c(C5CC5)cnn34)cn2c1. The highest BCUT2D eigenvalue weighted by atomic mass is 35.5. The van der Waals surface area contributed by atoms with Crippen molar-refractivity contribution in [2.45, 2.75) is 44.3 Å². The fraction of sp³-hybridized carbons (Fsp3) is 0.458. The number of halogens is 4. The van der Waals surface area contributed by atoms with Gasteiger partial charge in [0.05, 0.1) is 29.0 Å². The van der Waals surface area contributed by atoms with E-state index in [1.807, 2.05) is 12.3 Å². The van der Waals surface area contributed by atoms with Gasteiger partial charge in [-0.2, -0.15) is 22.8 Å². The van der Waals surface area contributed by atoms with E-state index in [-0.39, 0.29) is 17.2 Å². The third-order valence-electron chi connectivity index (χ3n) is 6.88. The summed E-state index contributed by atoms with van der Waals surface area (Å²) >= 11 is 6.10. The predicted octanol–water partition coefficient (Wildman–Crippen LogP) is 4.95. The maximum atomic E-state index is 13.2. The highest BCUT2D eigenvalue weighted by Crippen LogP contribution is 2.42. The summed E-state index contributed by atoms with van der Waals surface area (Å²) in [6.45, 7) is 3.20. The van der Waals surface area contributed by atoms with Gasteiger partial charge in [0.15, 0.2) is 11.3 Å². The molecular formula is C24H26ClF3N8. The molecule has 0 bridgehead atoms. The summed E-state index contributed by atoms with van der Waals surface area (Å²) < 4.78 is 42.6. The quantitative estimate of drug-likeness (QED) is 0.321. The van der Waals surface area contributed by atoms with Gasteiger partial charge in [-0.25, -0.2) is 9.97 Å². The lowest BCUT2D eigenvalue weighted by Gasteiger charge is -2.23. The van der Waals surface area contributed by atoms with Crippen LogP contribution in [0.5, 0.6) is 0 Å². The molecule has 0 atom stereocenters. The minimum absolute atomic E-state index is 0.0482. The van der Waals surface area contributed by atoms with Crippen LogP contribution in [-0.2, 0) is 12.7 Å². The van der Waals surface area contributed by atoms with Gasteiger partial charge >= 0.3 is 6.18 Å². The van der Waals surface area contributed by atoms with Gasteiger partial charge in [0.1, 0.15) is 11.6 Å². The van der Waals surface area contributed by atoms with Crippen LogP contribution in [0, 0.1) is 5.92 Å². The zero-order chi connectivity index (χ0) is 24.9. The Hall–Kier alpha value is -3.05. The molecule has 5 heterocycles. The van der Waals surface area contributed by atoms with Crippen molar-refractivity contribution in [3.8, 4) is 0 Å². The summed E-state index contributed by atoms with van der Waals surface area (Å²) in [7, 11) is 0. The van der Waals surface area contributed by atoms with Crippen LogP contribution < -0.4 is 16.0 Å². The van der Waals surface area contributed by atoms with Gasteiger partial charge in [0, 0.05) is 30.6 Å². The van der Waals surface area contributed by atoms with Crippen molar-refractivity contribution in [3.63, 3.8) is 0 Å². The van der Waals surface area contributed by atoms with E-state index in [4.69, 9.17) is 16.6 Å². The third-order valence-corrected chi connectivity index (χ3v) is 7.16. The van der Waals surface area contributed by atoms with E-state index in [9.17, 15) is 13.2 Å². The maximum absolute atomic E-state index is 13.2. The first-order chi connectivity index (χ1) is 17.3. The van der Waals surface area contributed by atoms with Gasteiger partial charge in [0.2, 0.25) is 0 Å². The highest BCUT2D eigenvalue weighted by Gasteiger charge is 2.32. The minimum atomic E-state index is -4.49. The number of anilines is 2. The minimum Gasteiger partial charge on any atom is -0.370 e. The number of fused-ring (bicyclic) bond motifs is 2. The van der Waals surface area contributed by atoms with E-state index in [0.717, 1.165) is 80.4 Å². The molecule has 0 spiro atoms. The molecule has 4 aromatic heterocycles. The van der Waals surface area contributed by atoms with Crippen molar-refractivity contribution < 1.29 is 13.2 Å². The summed E-state index contributed by atoms with van der Waals surface area (Å²) in [5.41, 5.74) is 1.98. The second-order valence-corrected chi connectivity index (χ2v) is 10.0. The lowest BCUT2D eigenvalue weighted by atomic mass is 9.98. The Bertz CT molecular complexity index is 1400. The van der Waals surface area contributed by atoms with E-state index < -0.39 is 11.7 Å². The molecule has 12 heteroatoms. The summed E-state index contributed by atoms with van der Waals surface area (Å²) in [4.78, 5) is 9.29. The van der Waals surface area contributed by atoms with E-state index in [2.05, 4.69) is 26.0 Å². The van der Waals surface area contributed by atoms with E-state index in [1.165, 1.54) is 4.40 Å². The second-order valence-electron chi connectivity index (χ2n) is 9.60. The number of nitrogens with one attached hydrogen (secondary N) is 3. The average molecular weight is 519 g/mol. The maximum Gasteiger partial charge on any atom is 0.417 e. The molecule has 1 aliphatic heterocycles. The van der Waals surface area contributed by atoms with Gasteiger partial charge in [0.25, 0.3) is 0 Å². The second kappa shape index (κ2) is 9.11. The zero-order valence-corrected chi connectivity index (χ0v) is 20.2. The Morgan fingerprint density at radius 3 is 2.58 bits per heavy atom. The van der Waals surface area contributed by atoms with Crippen LogP contribution in [0.15, 0.2) is 30.7 Å². The highest BCUT2D eigenvalue weighted by molar-refractivity contribution is 6.33. The van der Waals surface area contributed by atoms with Crippen molar-refractivity contribution in [2.24, 2.45) is 5.92 Å². The molecule has 3 N–H and O–H groups in total. The number of hydrogen-bond acceptors (Lipinski definition) is 6. The lowest BCUT2D eigenvalue weighted by molar-refractivity contribution is -0.137. The first-order valence-electron chi connectivity index (χ1n) is 12.2. The van der Waals surface area contributed by atoms with Crippen LogP contribution in [0.4, 0.5) is 24.8 Å². The number of hydrogen-bond donors (Lipinski definition) is 3. The van der Waals surface area contributed by atoms with Gasteiger partial charge in [-0.1, -0.05) is 11.6 Å². The Morgan fingerprint density at radius 2 is 1.83 bits per heavy atom. The molecule has 1 saturated heterocycles. The predicted molar refractivity (Wildman–Crippen MR) is 132 cm³/mol. The topological polar surface area (TPSA) is 83.6 Å². The van der Waals surface area contributed by atoms with E-state index in [0.29, 0.717) is 17.5 Å². The molecule has 8 nitrogen and oxygen atoms in total. The third kappa shape index (κ3) is 4.69. The fourth-order valence-corrected chi connectivity index (χ4v) is 5.00. The largest absolute Gasteiger partial charge is 0.417 e. The Morgan fingerprint density at radius 1 is 1.03 bits per heavy atom. The van der Waals surface area contributed by atoms with E-state index >= 15 is 0 Å². The summed E-state index contributed by atoms with van der Waals surface area (Å²) in [6.07, 6.45) is 4.49. The Labute approximate surface area is 210 Å². The molecule has 36 heavy (non-hydrogen) atoms. The van der Waals surface area contributed by atoms with Crippen molar-refractivity contribution >= 4 is 34.5 Å². The van der Waals surface area contributed by atoms with Crippen molar-refractivity contribution in [2.75, 3.05) is 30.3 Å². The first kappa shape index (κ1) is 23.4. The summed E-state index contributed by atoms with van der Waals surface area (Å²) in [6, 6.07) is 2.82. The first-order valence-corrected chi connectivity index (χ1v) is 12.5. The molecule has 2 aliphatic rings. The molecule has 0 unspecified atom stereocenters. The number of imidazole rings is 1. The standard InChI is InChI=1S/C24H26ClF3N8/c25-19-7-16(24(26,27)28)12-35-13-17(33-23(19)35)10-31-21-8-20(30-9-14-3-5-29-6-4-14)34-22-18(15-1-2-15)11-32-36(21)22/h7-8,11-15,29,31H,1-6,9-10H2,(H,30,34). The molecule has 2 fully saturated rings. The van der Waals surface area contributed by atoms with E-state index in [1.54, 1.807) is 10.7 Å². The van der Waals surface area contributed by atoms with Crippen LogP contribution >= 0.6 is 11.6 Å². The number of pyridine rings is 1.